The molecule has 0 aliphatic carbocycles. The fraction of sp³-hybridized carbons (Fsp3) is 0.607. The maximum atomic E-state index is 10.3. The fourth-order valence-corrected chi connectivity index (χ4v) is 4.37. The summed E-state index contributed by atoms with van der Waals surface area (Å²) in [6.07, 6.45) is -0.245. The summed E-state index contributed by atoms with van der Waals surface area (Å²) >= 11 is 1.84. The van der Waals surface area contributed by atoms with E-state index in [1.54, 1.807) is 0 Å². The van der Waals surface area contributed by atoms with E-state index >= 15 is 0 Å². The van der Waals surface area contributed by atoms with Gasteiger partial charge in [0.05, 0.1) is 12.8 Å². The summed E-state index contributed by atoms with van der Waals surface area (Å²) in [6, 6.07) is 8.90. The van der Waals surface area contributed by atoms with E-state index in [4.69, 9.17) is 20.4 Å². The van der Waals surface area contributed by atoms with Crippen LogP contribution in [0.3, 0.4) is 0 Å². The third-order valence-corrected chi connectivity index (χ3v) is 6.85. The van der Waals surface area contributed by atoms with Gasteiger partial charge >= 0.3 is 17.9 Å². The number of aliphatic imine (C=N–C) groups is 1. The molecule has 0 heterocycles. The van der Waals surface area contributed by atoms with Crippen LogP contribution in [0, 0.1) is 18.4 Å². The summed E-state index contributed by atoms with van der Waals surface area (Å²) in [7, 11) is 8.29. The fourth-order valence-electron chi connectivity index (χ4n) is 3.51. The van der Waals surface area contributed by atoms with Crippen molar-refractivity contribution in [3.05, 3.63) is 29.8 Å². The van der Waals surface area contributed by atoms with Gasteiger partial charge in [0.25, 0.3) is 0 Å². The van der Waals surface area contributed by atoms with Gasteiger partial charge in [0, 0.05) is 49.4 Å². The van der Waals surface area contributed by atoms with Gasteiger partial charge in [-0.3, -0.25) is 9.59 Å². The highest BCUT2D eigenvalue weighted by Gasteiger charge is 2.40. The Morgan fingerprint density at radius 3 is 1.74 bits per heavy atom. The van der Waals surface area contributed by atoms with Crippen LogP contribution in [0.25, 0.3) is 0 Å². The van der Waals surface area contributed by atoms with Crippen LogP contribution in [0.4, 0.5) is 0 Å². The lowest BCUT2D eigenvalue weighted by atomic mass is 9.96. The zero-order valence-electron chi connectivity index (χ0n) is 25.6. The molecule has 0 radical (unpaired) electrons. The van der Waals surface area contributed by atoms with E-state index in [-0.39, 0.29) is 6.04 Å². The first-order chi connectivity index (χ1) is 19.5. The smallest absolute Gasteiger partial charge is 0.336 e. The van der Waals surface area contributed by atoms with Gasteiger partial charge in [-0.2, -0.15) is 5.26 Å². The summed E-state index contributed by atoms with van der Waals surface area (Å²) in [5, 5.41) is 43.2. The first-order valence-corrected chi connectivity index (χ1v) is 14.4. The zero-order valence-corrected chi connectivity index (χ0v) is 26.5. The SMILES string of the molecule is Cc1ccc(SCCN(C(=NC#N)N(CCN(C)C)CCN(C)C)C(C)C)cc1.O=C(O)CC(O)(CC(=O)O)C(=O)O. The Labute approximate surface area is 253 Å². The van der Waals surface area contributed by atoms with E-state index in [1.807, 2.05) is 18.0 Å². The molecule has 42 heavy (non-hydrogen) atoms. The number of carboxylic acids is 3. The molecule has 13 nitrogen and oxygen atoms in total. The Hall–Kier alpha value is -3.38. The summed E-state index contributed by atoms with van der Waals surface area (Å²) in [4.78, 5) is 44.9. The Morgan fingerprint density at radius 2 is 1.38 bits per heavy atom. The number of likely N-dealkylation sites (N-methyl/N-ethyl adjacent to an activating group) is 2. The van der Waals surface area contributed by atoms with Crippen molar-refractivity contribution in [2.75, 3.05) is 66.7 Å². The van der Waals surface area contributed by atoms with Crippen LogP contribution in [0.1, 0.15) is 32.3 Å². The number of thioether (sulfide) groups is 1. The van der Waals surface area contributed by atoms with Gasteiger partial charge in [-0.15, -0.1) is 16.8 Å². The molecule has 0 saturated carbocycles. The Balaban J connectivity index is 0.00000108. The number of benzene rings is 1. The topological polar surface area (TPSA) is 181 Å². The summed E-state index contributed by atoms with van der Waals surface area (Å²) < 4.78 is 0. The van der Waals surface area contributed by atoms with E-state index < -0.39 is 36.4 Å². The third kappa shape index (κ3) is 16.2. The van der Waals surface area contributed by atoms with Crippen LogP contribution in [-0.4, -0.2) is 142 Å². The first kappa shape index (κ1) is 38.6. The number of guanidine groups is 1. The average Bonchev–Trinajstić information content (AvgIpc) is 2.86. The van der Waals surface area contributed by atoms with Crippen molar-refractivity contribution in [1.29, 1.82) is 5.26 Å². The predicted molar refractivity (Wildman–Crippen MR) is 163 cm³/mol. The maximum absolute atomic E-state index is 10.3. The van der Waals surface area contributed by atoms with E-state index in [9.17, 15) is 19.6 Å². The number of carboxylic acid groups (broad SMARTS) is 3. The molecule has 1 aromatic carbocycles. The number of carbonyl (C=O) groups is 3. The van der Waals surface area contributed by atoms with Gasteiger partial charge in [-0.25, -0.2) is 4.79 Å². The summed E-state index contributed by atoms with van der Waals surface area (Å²) in [5.41, 5.74) is -1.46. The largest absolute Gasteiger partial charge is 0.481 e. The van der Waals surface area contributed by atoms with Crippen LogP contribution in [-0.2, 0) is 14.4 Å². The number of aliphatic hydroxyl groups is 1. The second-order valence-corrected chi connectivity index (χ2v) is 11.7. The average molecular weight is 611 g/mol. The van der Waals surface area contributed by atoms with Crippen LogP contribution in [0.15, 0.2) is 34.2 Å². The van der Waals surface area contributed by atoms with Crippen molar-refractivity contribution in [2.45, 2.75) is 50.2 Å². The summed E-state index contributed by atoms with van der Waals surface area (Å²) in [5.74, 6) is -3.29. The second kappa shape index (κ2) is 19.7. The molecule has 0 saturated heterocycles. The van der Waals surface area contributed by atoms with Gasteiger partial charge in [-0.05, 0) is 61.1 Å². The first-order valence-electron chi connectivity index (χ1n) is 13.4. The number of aliphatic carboxylic acids is 3. The minimum atomic E-state index is -2.74. The third-order valence-electron chi connectivity index (χ3n) is 5.85. The molecule has 0 unspecified atom stereocenters. The van der Waals surface area contributed by atoms with Crippen LogP contribution >= 0.6 is 11.8 Å². The van der Waals surface area contributed by atoms with Crippen molar-refractivity contribution in [3.8, 4) is 6.19 Å². The molecule has 0 fully saturated rings. The lowest BCUT2D eigenvalue weighted by Crippen LogP contribution is -2.51. The molecule has 0 bridgehead atoms. The molecule has 14 heteroatoms. The quantitative estimate of drug-likeness (QED) is 0.0921. The molecule has 1 rings (SSSR count). The minimum Gasteiger partial charge on any atom is -0.481 e. The summed E-state index contributed by atoms with van der Waals surface area (Å²) in [6.45, 7) is 10.8. The van der Waals surface area contributed by atoms with Gasteiger partial charge in [0.2, 0.25) is 12.2 Å². The highest BCUT2D eigenvalue weighted by atomic mass is 32.2. The van der Waals surface area contributed by atoms with Gasteiger partial charge in [0.15, 0.2) is 5.60 Å². The number of hydrogen-bond acceptors (Lipinski definition) is 9. The van der Waals surface area contributed by atoms with Crippen LogP contribution in [0.5, 0.6) is 0 Å². The number of rotatable bonds is 16. The molecule has 0 aromatic heterocycles. The van der Waals surface area contributed by atoms with Crippen LogP contribution in [0.2, 0.25) is 0 Å². The zero-order chi connectivity index (χ0) is 32.5. The van der Waals surface area contributed by atoms with Gasteiger partial charge in [0.1, 0.15) is 0 Å². The van der Waals surface area contributed by atoms with Crippen molar-refractivity contribution < 1.29 is 34.8 Å². The molecule has 0 amide bonds. The lowest BCUT2D eigenvalue weighted by Gasteiger charge is -2.37. The van der Waals surface area contributed by atoms with Gasteiger partial charge < -0.3 is 40.0 Å². The van der Waals surface area contributed by atoms with Gasteiger partial charge in [-0.1, -0.05) is 17.7 Å². The number of aryl methyl sites for hydroxylation is 1. The molecule has 0 spiro atoms. The normalized spacial score (nSPS) is 11.6. The molecule has 236 valence electrons. The molecule has 0 aliphatic rings. The molecule has 0 aliphatic heterocycles. The number of nitrogens with zero attached hydrogens (tertiary/aromatic N) is 6. The molecule has 4 N–H and O–H groups in total. The van der Waals surface area contributed by atoms with Crippen molar-refractivity contribution in [3.63, 3.8) is 0 Å². The Morgan fingerprint density at radius 1 is 0.905 bits per heavy atom. The maximum Gasteiger partial charge on any atom is 0.336 e. The monoisotopic (exact) mass is 610 g/mol. The Kier molecular flexibility index (Phi) is 18.1. The predicted octanol–water partition coefficient (Wildman–Crippen LogP) is 1.81. The van der Waals surface area contributed by atoms with E-state index in [1.165, 1.54) is 10.5 Å². The highest BCUT2D eigenvalue weighted by Crippen LogP contribution is 2.19. The van der Waals surface area contributed by atoms with Crippen molar-refractivity contribution in [2.24, 2.45) is 4.99 Å². The molecular formula is C28H46N6O7S. The minimum absolute atomic E-state index is 0.266. The van der Waals surface area contributed by atoms with E-state index in [0.717, 1.165) is 44.4 Å². The number of nitriles is 1. The van der Waals surface area contributed by atoms with E-state index in [2.05, 4.69) is 97.8 Å². The standard InChI is InChI=1S/C22H38N6S.C6H8O7/c1-19(2)28(16-17-29-21-10-8-20(3)9-11-21)22(24-18-23)27(14-12-25(4)5)15-13-26(6)7;7-3(8)1-6(13,5(11)12)2-4(9)10/h8-11,19H,12-17H2,1-7H3;13H,1-2H2,(H,7,8)(H,9,10)(H,11,12). The van der Waals surface area contributed by atoms with E-state index in [0.29, 0.717) is 0 Å². The highest BCUT2D eigenvalue weighted by molar-refractivity contribution is 7.99. The Bertz CT molecular complexity index is 1030. The second-order valence-electron chi connectivity index (χ2n) is 10.5. The van der Waals surface area contributed by atoms with Crippen molar-refractivity contribution in [1.82, 2.24) is 19.6 Å². The molecular weight excluding hydrogens is 564 g/mol. The lowest BCUT2D eigenvalue weighted by molar-refractivity contribution is -0.170. The number of hydrogen-bond donors (Lipinski definition) is 4. The molecule has 1 aromatic rings. The molecule has 0 atom stereocenters. The van der Waals surface area contributed by atoms with Crippen molar-refractivity contribution >= 4 is 35.6 Å². The van der Waals surface area contributed by atoms with Crippen LogP contribution < -0.4 is 0 Å².